The Balaban J connectivity index is 2.21. The van der Waals surface area contributed by atoms with Gasteiger partial charge in [0.05, 0.1) is 0 Å². The molecule has 0 saturated heterocycles. The fourth-order valence-electron chi connectivity index (χ4n) is 1.59. The van der Waals surface area contributed by atoms with E-state index in [1.54, 1.807) is 6.07 Å². The van der Waals surface area contributed by atoms with E-state index in [4.69, 9.17) is 4.74 Å². The number of hydrogen-bond acceptors (Lipinski definition) is 5. The van der Waals surface area contributed by atoms with Gasteiger partial charge in [-0.25, -0.2) is 4.98 Å². The Morgan fingerprint density at radius 1 is 1.21 bits per heavy atom. The fraction of sp³-hybridized carbons (Fsp3) is 0.286. The average Bonchev–Trinajstić information content (AvgIpc) is 2.47. The van der Waals surface area contributed by atoms with Crippen molar-refractivity contribution in [1.29, 1.82) is 0 Å². The fourth-order valence-corrected chi connectivity index (χ4v) is 1.96. The van der Waals surface area contributed by atoms with E-state index in [1.165, 1.54) is 17.3 Å². The van der Waals surface area contributed by atoms with E-state index in [0.717, 1.165) is 18.0 Å². The minimum absolute atomic E-state index is 0.549. The summed E-state index contributed by atoms with van der Waals surface area (Å²) < 4.78 is 5.76. The van der Waals surface area contributed by atoms with Crippen molar-refractivity contribution in [3.05, 3.63) is 35.9 Å². The molecule has 0 aliphatic rings. The summed E-state index contributed by atoms with van der Waals surface area (Å²) in [4.78, 5) is 8.63. The molecule has 0 unspecified atom stereocenters. The highest BCUT2D eigenvalue weighted by atomic mass is 32.2. The third-order valence-corrected chi connectivity index (χ3v) is 3.22. The van der Waals surface area contributed by atoms with E-state index >= 15 is 0 Å². The number of aryl methyl sites for hydroxylation is 1. The highest BCUT2D eigenvalue weighted by Crippen LogP contribution is 2.24. The van der Waals surface area contributed by atoms with Crippen LogP contribution in [0.25, 0.3) is 0 Å². The Morgan fingerprint density at radius 3 is 2.53 bits per heavy atom. The van der Waals surface area contributed by atoms with Gasteiger partial charge in [-0.2, -0.15) is 4.98 Å². The summed E-state index contributed by atoms with van der Waals surface area (Å²) in [6, 6.07) is 9.82. The Hall–Kier alpha value is -1.75. The predicted octanol–water partition coefficient (Wildman–Crippen LogP) is 3.59. The number of rotatable bonds is 5. The highest BCUT2D eigenvalue weighted by Gasteiger charge is 2.05. The standard InChI is InChI=1S/C14H17N3OS/c1-4-10-5-7-11(8-6-10)18-13-9-12(15-2)16-14(17-13)19-3/h5-9H,4H2,1-3H3,(H,15,16,17). The number of nitrogens with zero attached hydrogens (tertiary/aromatic N) is 2. The monoisotopic (exact) mass is 275 g/mol. The van der Waals surface area contributed by atoms with Gasteiger partial charge in [0, 0.05) is 13.1 Å². The zero-order chi connectivity index (χ0) is 13.7. The van der Waals surface area contributed by atoms with E-state index in [-0.39, 0.29) is 0 Å². The molecular formula is C14H17N3OS. The maximum Gasteiger partial charge on any atom is 0.225 e. The second kappa shape index (κ2) is 6.43. The summed E-state index contributed by atoms with van der Waals surface area (Å²) in [7, 11) is 1.83. The molecule has 1 heterocycles. The normalized spacial score (nSPS) is 10.3. The first-order chi connectivity index (χ1) is 9.25. The quantitative estimate of drug-likeness (QED) is 0.667. The SMILES string of the molecule is CCc1ccc(Oc2cc(NC)nc(SC)n2)cc1. The predicted molar refractivity (Wildman–Crippen MR) is 79.3 cm³/mol. The van der Waals surface area contributed by atoms with Gasteiger partial charge in [-0.15, -0.1) is 0 Å². The Labute approximate surface area is 117 Å². The molecule has 0 spiro atoms. The second-order valence-corrected chi connectivity index (χ2v) is 4.70. The molecule has 0 aliphatic heterocycles. The lowest BCUT2D eigenvalue weighted by atomic mass is 10.2. The van der Waals surface area contributed by atoms with Crippen LogP contribution < -0.4 is 10.1 Å². The number of anilines is 1. The van der Waals surface area contributed by atoms with Gasteiger partial charge < -0.3 is 10.1 Å². The van der Waals surface area contributed by atoms with Gasteiger partial charge in [0.25, 0.3) is 0 Å². The smallest absolute Gasteiger partial charge is 0.225 e. The van der Waals surface area contributed by atoms with Crippen LogP contribution in [0.1, 0.15) is 12.5 Å². The van der Waals surface area contributed by atoms with Crippen LogP contribution in [0.4, 0.5) is 5.82 Å². The van der Waals surface area contributed by atoms with Crippen LogP contribution in [0.15, 0.2) is 35.5 Å². The van der Waals surface area contributed by atoms with Crippen LogP contribution in [-0.4, -0.2) is 23.3 Å². The molecule has 0 bridgehead atoms. The second-order valence-electron chi connectivity index (χ2n) is 3.93. The molecule has 4 nitrogen and oxygen atoms in total. The highest BCUT2D eigenvalue weighted by molar-refractivity contribution is 7.98. The van der Waals surface area contributed by atoms with E-state index in [2.05, 4.69) is 34.3 Å². The zero-order valence-electron chi connectivity index (χ0n) is 11.3. The van der Waals surface area contributed by atoms with Crippen molar-refractivity contribution >= 4 is 17.6 Å². The van der Waals surface area contributed by atoms with Crippen molar-refractivity contribution in [2.24, 2.45) is 0 Å². The minimum atomic E-state index is 0.549. The van der Waals surface area contributed by atoms with Crippen LogP contribution in [0, 0.1) is 0 Å². The molecule has 100 valence electrons. The molecule has 0 fully saturated rings. The van der Waals surface area contributed by atoms with Crippen molar-refractivity contribution < 1.29 is 4.74 Å². The number of ether oxygens (including phenoxy) is 1. The summed E-state index contributed by atoms with van der Waals surface area (Å²) in [5.74, 6) is 2.08. The number of hydrogen-bond donors (Lipinski definition) is 1. The van der Waals surface area contributed by atoms with Gasteiger partial charge in [-0.3, -0.25) is 0 Å². The Morgan fingerprint density at radius 2 is 1.95 bits per heavy atom. The summed E-state index contributed by atoms with van der Waals surface area (Å²) in [5, 5.41) is 3.69. The molecule has 0 radical (unpaired) electrons. The number of benzene rings is 1. The third kappa shape index (κ3) is 3.61. The van der Waals surface area contributed by atoms with E-state index in [9.17, 15) is 0 Å². The van der Waals surface area contributed by atoms with Gasteiger partial charge in [-0.05, 0) is 30.4 Å². The lowest BCUT2D eigenvalue weighted by molar-refractivity contribution is 0.456. The lowest BCUT2D eigenvalue weighted by Gasteiger charge is -2.08. The maximum atomic E-state index is 5.76. The van der Waals surface area contributed by atoms with E-state index < -0.39 is 0 Å². The number of nitrogens with one attached hydrogen (secondary N) is 1. The molecular weight excluding hydrogens is 258 g/mol. The van der Waals surface area contributed by atoms with Gasteiger partial charge in [0.1, 0.15) is 11.6 Å². The average molecular weight is 275 g/mol. The summed E-state index contributed by atoms with van der Waals surface area (Å²) in [6.45, 7) is 2.13. The van der Waals surface area contributed by atoms with Crippen molar-refractivity contribution in [2.45, 2.75) is 18.5 Å². The topological polar surface area (TPSA) is 47.0 Å². The molecule has 0 saturated carbocycles. The van der Waals surface area contributed by atoms with Crippen molar-refractivity contribution in [1.82, 2.24) is 9.97 Å². The number of aromatic nitrogens is 2. The summed E-state index contributed by atoms with van der Waals surface area (Å²) in [6.07, 6.45) is 2.96. The van der Waals surface area contributed by atoms with Crippen LogP contribution >= 0.6 is 11.8 Å². The molecule has 5 heteroatoms. The van der Waals surface area contributed by atoms with Crippen LogP contribution in [0.5, 0.6) is 11.6 Å². The van der Waals surface area contributed by atoms with E-state index in [1.807, 2.05) is 25.4 Å². The Kier molecular flexibility index (Phi) is 4.63. The van der Waals surface area contributed by atoms with Gasteiger partial charge in [-0.1, -0.05) is 30.8 Å². The van der Waals surface area contributed by atoms with Crippen molar-refractivity contribution in [2.75, 3.05) is 18.6 Å². The molecule has 19 heavy (non-hydrogen) atoms. The molecule has 2 aromatic rings. The van der Waals surface area contributed by atoms with Crippen LogP contribution in [0.2, 0.25) is 0 Å². The largest absolute Gasteiger partial charge is 0.439 e. The first kappa shape index (κ1) is 13.7. The zero-order valence-corrected chi connectivity index (χ0v) is 12.1. The van der Waals surface area contributed by atoms with Gasteiger partial charge >= 0.3 is 0 Å². The van der Waals surface area contributed by atoms with Crippen molar-refractivity contribution in [3.8, 4) is 11.6 Å². The molecule has 2 rings (SSSR count). The molecule has 1 aromatic carbocycles. The summed E-state index contributed by atoms with van der Waals surface area (Å²) in [5.41, 5.74) is 1.29. The third-order valence-electron chi connectivity index (χ3n) is 2.67. The van der Waals surface area contributed by atoms with Crippen molar-refractivity contribution in [3.63, 3.8) is 0 Å². The molecule has 0 amide bonds. The lowest BCUT2D eigenvalue weighted by Crippen LogP contribution is -1.98. The molecule has 0 aliphatic carbocycles. The maximum absolute atomic E-state index is 5.76. The number of thioether (sulfide) groups is 1. The Bertz CT molecular complexity index is 521. The first-order valence-electron chi connectivity index (χ1n) is 6.12. The van der Waals surface area contributed by atoms with Crippen LogP contribution in [-0.2, 0) is 6.42 Å². The van der Waals surface area contributed by atoms with Gasteiger partial charge in [0.15, 0.2) is 5.16 Å². The molecule has 1 aromatic heterocycles. The molecule has 0 atom stereocenters. The van der Waals surface area contributed by atoms with E-state index in [0.29, 0.717) is 11.0 Å². The summed E-state index contributed by atoms with van der Waals surface area (Å²) >= 11 is 1.49. The van der Waals surface area contributed by atoms with Gasteiger partial charge in [0.2, 0.25) is 5.88 Å². The minimum Gasteiger partial charge on any atom is -0.439 e. The first-order valence-corrected chi connectivity index (χ1v) is 7.35. The molecule has 1 N–H and O–H groups in total. The van der Waals surface area contributed by atoms with Crippen LogP contribution in [0.3, 0.4) is 0 Å².